The third kappa shape index (κ3) is 4.45. The van der Waals surface area contributed by atoms with Gasteiger partial charge < -0.3 is 9.80 Å². The lowest BCUT2D eigenvalue weighted by atomic mass is 9.91. The number of Topliss-reactive ketones (excluding diaryl/α,β-unsaturated/α-hetero) is 1. The lowest BCUT2D eigenvalue weighted by molar-refractivity contribution is -0.110. The highest BCUT2D eigenvalue weighted by molar-refractivity contribution is 6.50. The van der Waals surface area contributed by atoms with Crippen molar-refractivity contribution in [2.24, 2.45) is 0 Å². The number of carbonyl (C=O) groups excluding carboxylic acids is 2. The fourth-order valence-electron chi connectivity index (χ4n) is 5.63. The van der Waals surface area contributed by atoms with E-state index in [0.29, 0.717) is 5.56 Å². The molecular formula is C38H26N2O2. The number of ketones is 2. The van der Waals surface area contributed by atoms with E-state index in [1.54, 1.807) is 6.08 Å². The van der Waals surface area contributed by atoms with E-state index in [4.69, 9.17) is 0 Å². The minimum Gasteiger partial charge on any atom is -0.308 e. The number of benzene rings is 6. The summed E-state index contributed by atoms with van der Waals surface area (Å²) in [6, 6.07) is 49.3. The fraction of sp³-hybridized carbons (Fsp3) is 0. The fourth-order valence-corrected chi connectivity index (χ4v) is 5.63. The first-order valence-corrected chi connectivity index (χ1v) is 13.9. The molecule has 0 fully saturated rings. The number of fused-ring (bicyclic) bond motifs is 2. The zero-order valence-corrected chi connectivity index (χ0v) is 22.7. The van der Waals surface area contributed by atoms with Gasteiger partial charge in [-0.1, -0.05) is 84.9 Å². The van der Waals surface area contributed by atoms with Gasteiger partial charge in [-0.25, -0.2) is 0 Å². The molecular weight excluding hydrogens is 516 g/mol. The van der Waals surface area contributed by atoms with Crippen molar-refractivity contribution < 1.29 is 9.59 Å². The highest BCUT2D eigenvalue weighted by Crippen LogP contribution is 2.49. The van der Waals surface area contributed by atoms with Crippen molar-refractivity contribution in [3.8, 4) is 0 Å². The quantitative estimate of drug-likeness (QED) is 0.197. The van der Waals surface area contributed by atoms with E-state index in [9.17, 15) is 9.59 Å². The van der Waals surface area contributed by atoms with Crippen molar-refractivity contribution in [1.29, 1.82) is 0 Å². The molecule has 0 saturated carbocycles. The van der Waals surface area contributed by atoms with E-state index in [1.807, 2.05) is 91.0 Å². The van der Waals surface area contributed by atoms with Crippen LogP contribution in [0.4, 0.5) is 34.1 Å². The molecule has 200 valence electrons. The third-order valence-corrected chi connectivity index (χ3v) is 7.54. The van der Waals surface area contributed by atoms with Gasteiger partial charge in [0, 0.05) is 33.7 Å². The van der Waals surface area contributed by atoms with Gasteiger partial charge in [-0.15, -0.1) is 0 Å². The molecule has 0 heterocycles. The number of allylic oxidation sites excluding steroid dienone is 1. The topological polar surface area (TPSA) is 40.6 Å². The van der Waals surface area contributed by atoms with Crippen LogP contribution >= 0.6 is 0 Å². The molecule has 0 aliphatic heterocycles. The Morgan fingerprint density at radius 1 is 0.452 bits per heavy atom. The summed E-state index contributed by atoms with van der Waals surface area (Å²) in [5.41, 5.74) is 7.12. The molecule has 7 rings (SSSR count). The van der Waals surface area contributed by atoms with Crippen LogP contribution in [0, 0.1) is 0 Å². The first-order chi connectivity index (χ1) is 20.7. The number of nitrogens with zero attached hydrogens (tertiary/aromatic N) is 2. The molecule has 0 spiro atoms. The summed E-state index contributed by atoms with van der Waals surface area (Å²) >= 11 is 0. The molecule has 0 radical (unpaired) electrons. The van der Waals surface area contributed by atoms with Crippen molar-refractivity contribution in [2.75, 3.05) is 9.80 Å². The summed E-state index contributed by atoms with van der Waals surface area (Å²) in [6.45, 7) is 0. The highest BCUT2D eigenvalue weighted by Gasteiger charge is 2.27. The largest absolute Gasteiger partial charge is 0.308 e. The predicted octanol–water partition coefficient (Wildman–Crippen LogP) is 9.56. The van der Waals surface area contributed by atoms with Crippen LogP contribution in [0.15, 0.2) is 152 Å². The maximum atomic E-state index is 12.8. The van der Waals surface area contributed by atoms with Gasteiger partial charge in [-0.2, -0.15) is 0 Å². The molecule has 0 atom stereocenters. The van der Waals surface area contributed by atoms with Gasteiger partial charge in [0.15, 0.2) is 0 Å². The zero-order valence-electron chi connectivity index (χ0n) is 22.7. The number of rotatable bonds is 6. The number of hydrogen-bond donors (Lipinski definition) is 0. The SMILES string of the molecule is O=C1C=Cc2cc3c(N(c4ccccc4)c4ccccc4)c(N(c4ccccc4)c4ccccc4)ccc3cc2C1=O. The van der Waals surface area contributed by atoms with Crippen LogP contribution in [0.2, 0.25) is 0 Å². The third-order valence-electron chi connectivity index (χ3n) is 7.54. The molecule has 42 heavy (non-hydrogen) atoms. The Morgan fingerprint density at radius 3 is 1.43 bits per heavy atom. The minimum atomic E-state index is -0.492. The highest BCUT2D eigenvalue weighted by atomic mass is 16.2. The van der Waals surface area contributed by atoms with Crippen LogP contribution in [0.3, 0.4) is 0 Å². The average molecular weight is 543 g/mol. The smallest absolute Gasteiger partial charge is 0.233 e. The average Bonchev–Trinajstić information content (AvgIpc) is 3.05. The maximum Gasteiger partial charge on any atom is 0.233 e. The van der Waals surface area contributed by atoms with Gasteiger partial charge in [0.1, 0.15) is 0 Å². The van der Waals surface area contributed by atoms with Crippen molar-refractivity contribution in [2.45, 2.75) is 0 Å². The first-order valence-electron chi connectivity index (χ1n) is 13.9. The Bertz CT molecular complexity index is 1870. The molecule has 0 N–H and O–H groups in total. The van der Waals surface area contributed by atoms with Gasteiger partial charge in [0.2, 0.25) is 11.6 Å². The van der Waals surface area contributed by atoms with Gasteiger partial charge in [0.25, 0.3) is 0 Å². The second-order valence-corrected chi connectivity index (χ2v) is 10.1. The molecule has 6 aromatic rings. The van der Waals surface area contributed by atoms with E-state index >= 15 is 0 Å². The van der Waals surface area contributed by atoms with Gasteiger partial charge in [-0.05, 0) is 83.8 Å². The van der Waals surface area contributed by atoms with Crippen LogP contribution in [0.25, 0.3) is 16.8 Å². The van der Waals surface area contributed by atoms with E-state index < -0.39 is 11.6 Å². The second kappa shape index (κ2) is 10.7. The molecule has 1 aliphatic carbocycles. The van der Waals surface area contributed by atoms with Gasteiger partial charge >= 0.3 is 0 Å². The monoisotopic (exact) mass is 542 g/mol. The molecule has 6 aromatic carbocycles. The lowest BCUT2D eigenvalue weighted by Gasteiger charge is -2.34. The van der Waals surface area contributed by atoms with E-state index in [-0.39, 0.29) is 0 Å². The first kappa shape index (κ1) is 25.2. The van der Waals surface area contributed by atoms with E-state index in [2.05, 4.69) is 64.4 Å². The van der Waals surface area contributed by atoms with Crippen molar-refractivity contribution >= 4 is 62.5 Å². The van der Waals surface area contributed by atoms with E-state index in [0.717, 1.165) is 50.5 Å². The summed E-state index contributed by atoms with van der Waals surface area (Å²) < 4.78 is 0. The van der Waals surface area contributed by atoms with Gasteiger partial charge in [-0.3, -0.25) is 9.59 Å². The summed E-state index contributed by atoms with van der Waals surface area (Å²) in [7, 11) is 0. The summed E-state index contributed by atoms with van der Waals surface area (Å²) in [5.74, 6) is -0.966. The van der Waals surface area contributed by atoms with Crippen LogP contribution in [0.1, 0.15) is 15.9 Å². The molecule has 0 bridgehead atoms. The van der Waals surface area contributed by atoms with Crippen LogP contribution < -0.4 is 9.80 Å². The lowest BCUT2D eigenvalue weighted by Crippen LogP contribution is -2.18. The second-order valence-electron chi connectivity index (χ2n) is 10.1. The van der Waals surface area contributed by atoms with E-state index in [1.165, 1.54) is 6.08 Å². The molecule has 0 amide bonds. The van der Waals surface area contributed by atoms with Crippen molar-refractivity contribution in [3.05, 3.63) is 163 Å². The maximum absolute atomic E-state index is 12.8. The Hall–Kier alpha value is -5.74. The number of anilines is 6. The van der Waals surface area contributed by atoms with Crippen LogP contribution in [0.5, 0.6) is 0 Å². The Balaban J connectivity index is 1.61. The summed E-state index contributed by atoms with van der Waals surface area (Å²) in [5, 5.41) is 1.84. The Morgan fingerprint density at radius 2 is 0.929 bits per heavy atom. The van der Waals surface area contributed by atoms with Crippen molar-refractivity contribution in [3.63, 3.8) is 0 Å². The molecule has 4 nitrogen and oxygen atoms in total. The zero-order chi connectivity index (χ0) is 28.5. The molecule has 0 saturated heterocycles. The number of hydrogen-bond acceptors (Lipinski definition) is 4. The number of carbonyl (C=O) groups is 2. The van der Waals surface area contributed by atoms with Crippen LogP contribution in [-0.2, 0) is 4.79 Å². The molecule has 4 heteroatoms. The van der Waals surface area contributed by atoms with Gasteiger partial charge in [0.05, 0.1) is 11.4 Å². The normalized spacial score (nSPS) is 12.3. The molecule has 0 aromatic heterocycles. The summed E-state index contributed by atoms with van der Waals surface area (Å²) in [4.78, 5) is 29.6. The predicted molar refractivity (Wildman–Crippen MR) is 172 cm³/mol. The minimum absolute atomic E-state index is 0.433. The molecule has 1 aliphatic rings. The van der Waals surface area contributed by atoms with Crippen molar-refractivity contribution in [1.82, 2.24) is 0 Å². The van der Waals surface area contributed by atoms with Crippen LogP contribution in [-0.4, -0.2) is 11.6 Å². The number of para-hydroxylation sites is 4. The molecule has 0 unspecified atom stereocenters. The standard InChI is InChI=1S/C38H26N2O2/c41-36-24-22-28-25-33-27(26-34(28)38(36)42)21-23-35(39(29-13-5-1-6-14-29)30-15-7-2-8-16-30)37(33)40(31-17-9-3-10-18-31)32-19-11-4-12-20-32/h1-26H. The Kier molecular flexibility index (Phi) is 6.42. The Labute approximate surface area is 244 Å². The summed E-state index contributed by atoms with van der Waals surface area (Å²) in [6.07, 6.45) is 3.11.